The molecule has 2 unspecified atom stereocenters. The van der Waals surface area contributed by atoms with Crippen LogP contribution in [0.15, 0.2) is 0 Å². The number of carbonyl (C=O) groups is 1. The van der Waals surface area contributed by atoms with E-state index in [0.29, 0.717) is 5.92 Å². The second kappa shape index (κ2) is 21.2. The molecule has 0 aromatic rings. The summed E-state index contributed by atoms with van der Waals surface area (Å²) < 4.78 is 0. The van der Waals surface area contributed by atoms with Crippen molar-refractivity contribution in [2.75, 3.05) is 0 Å². The van der Waals surface area contributed by atoms with Crippen molar-refractivity contribution in [1.29, 1.82) is 0 Å². The first-order valence-corrected chi connectivity index (χ1v) is 12.8. The fourth-order valence-electron chi connectivity index (χ4n) is 4.22. The Balaban J connectivity index is 3.15. The van der Waals surface area contributed by atoms with E-state index in [1.807, 2.05) is 6.92 Å². The van der Waals surface area contributed by atoms with Crippen molar-refractivity contribution in [1.82, 2.24) is 0 Å². The van der Waals surface area contributed by atoms with Gasteiger partial charge >= 0.3 is 5.97 Å². The van der Waals surface area contributed by atoms with Crippen LogP contribution in [0.2, 0.25) is 0 Å². The van der Waals surface area contributed by atoms with Crippen LogP contribution in [-0.4, -0.2) is 11.1 Å². The van der Waals surface area contributed by atoms with Crippen LogP contribution in [0.3, 0.4) is 0 Å². The van der Waals surface area contributed by atoms with Gasteiger partial charge in [0.2, 0.25) is 0 Å². The average Bonchev–Trinajstić information content (AvgIpc) is 2.66. The smallest absolute Gasteiger partial charge is 0.306 e. The van der Waals surface area contributed by atoms with Gasteiger partial charge < -0.3 is 5.11 Å². The van der Waals surface area contributed by atoms with Crippen LogP contribution >= 0.6 is 0 Å². The third kappa shape index (κ3) is 20.2. The summed E-state index contributed by atoms with van der Waals surface area (Å²) in [6.07, 6.45) is 27.5. The standard InChI is InChI=1S/C26H52O2/c1-4-5-6-7-8-9-10-11-12-13-14-15-16-17-18-19-20-21-22-24(2)23-25(3)26(27)28/h24-25H,4-23H2,1-3H3,(H,27,28). The Morgan fingerprint density at radius 2 is 0.929 bits per heavy atom. The largest absolute Gasteiger partial charge is 0.481 e. The number of rotatable bonds is 22. The minimum Gasteiger partial charge on any atom is -0.481 e. The van der Waals surface area contributed by atoms with E-state index in [9.17, 15) is 4.79 Å². The first-order chi connectivity index (χ1) is 13.6. The van der Waals surface area contributed by atoms with Gasteiger partial charge in [-0.25, -0.2) is 0 Å². The molecule has 0 saturated heterocycles. The Labute approximate surface area is 177 Å². The number of carboxylic acid groups (broad SMARTS) is 1. The first-order valence-electron chi connectivity index (χ1n) is 12.8. The molecule has 0 aromatic heterocycles. The third-order valence-corrected chi connectivity index (χ3v) is 6.23. The predicted molar refractivity (Wildman–Crippen MR) is 124 cm³/mol. The SMILES string of the molecule is CCCCCCCCCCCCCCCCCCCCC(C)CC(C)C(=O)O. The Bertz CT molecular complexity index is 326. The highest BCUT2D eigenvalue weighted by Gasteiger charge is 2.14. The number of aliphatic carboxylic acids is 1. The van der Waals surface area contributed by atoms with Gasteiger partial charge in [0.25, 0.3) is 0 Å². The highest BCUT2D eigenvalue weighted by Crippen LogP contribution is 2.19. The Morgan fingerprint density at radius 1 is 0.607 bits per heavy atom. The minimum atomic E-state index is -0.648. The molecular weight excluding hydrogens is 344 g/mol. The Hall–Kier alpha value is -0.530. The van der Waals surface area contributed by atoms with Gasteiger partial charge in [0, 0.05) is 0 Å². The number of carboxylic acids is 1. The van der Waals surface area contributed by atoms with E-state index in [-0.39, 0.29) is 5.92 Å². The van der Waals surface area contributed by atoms with E-state index in [1.54, 1.807) is 0 Å². The fraction of sp³-hybridized carbons (Fsp3) is 0.962. The van der Waals surface area contributed by atoms with Crippen LogP contribution in [0.25, 0.3) is 0 Å². The highest BCUT2D eigenvalue weighted by molar-refractivity contribution is 5.69. The highest BCUT2D eigenvalue weighted by atomic mass is 16.4. The van der Waals surface area contributed by atoms with E-state index in [4.69, 9.17) is 5.11 Å². The topological polar surface area (TPSA) is 37.3 Å². The van der Waals surface area contributed by atoms with Gasteiger partial charge in [-0.3, -0.25) is 4.79 Å². The zero-order valence-corrected chi connectivity index (χ0v) is 19.7. The molecule has 0 heterocycles. The maximum Gasteiger partial charge on any atom is 0.306 e. The van der Waals surface area contributed by atoms with E-state index in [2.05, 4.69) is 13.8 Å². The first kappa shape index (κ1) is 27.5. The monoisotopic (exact) mass is 396 g/mol. The van der Waals surface area contributed by atoms with Gasteiger partial charge in [0.15, 0.2) is 0 Å². The van der Waals surface area contributed by atoms with Crippen molar-refractivity contribution in [3.05, 3.63) is 0 Å². The van der Waals surface area contributed by atoms with Crippen LogP contribution in [-0.2, 0) is 4.79 Å². The van der Waals surface area contributed by atoms with Gasteiger partial charge in [-0.1, -0.05) is 143 Å². The number of unbranched alkanes of at least 4 members (excludes halogenated alkanes) is 17. The quantitative estimate of drug-likeness (QED) is 0.185. The Morgan fingerprint density at radius 3 is 1.25 bits per heavy atom. The van der Waals surface area contributed by atoms with E-state index >= 15 is 0 Å². The second-order valence-corrected chi connectivity index (χ2v) is 9.38. The zero-order chi connectivity index (χ0) is 20.9. The summed E-state index contributed by atoms with van der Waals surface area (Å²) in [7, 11) is 0. The lowest BCUT2D eigenvalue weighted by molar-refractivity contribution is -0.141. The van der Waals surface area contributed by atoms with E-state index in [0.717, 1.165) is 6.42 Å². The summed E-state index contributed by atoms with van der Waals surface area (Å²) in [5, 5.41) is 8.96. The third-order valence-electron chi connectivity index (χ3n) is 6.23. The van der Waals surface area contributed by atoms with Crippen molar-refractivity contribution < 1.29 is 9.90 Å². The average molecular weight is 397 g/mol. The molecule has 0 aliphatic heterocycles. The molecule has 168 valence electrons. The molecule has 0 aliphatic rings. The van der Waals surface area contributed by atoms with Gasteiger partial charge in [-0.2, -0.15) is 0 Å². The van der Waals surface area contributed by atoms with Crippen LogP contribution in [0.4, 0.5) is 0 Å². The summed E-state index contributed by atoms with van der Waals surface area (Å²) in [5.41, 5.74) is 0. The lowest BCUT2D eigenvalue weighted by atomic mass is 9.92. The molecule has 0 fully saturated rings. The van der Waals surface area contributed by atoms with Crippen molar-refractivity contribution >= 4 is 5.97 Å². The maximum absolute atomic E-state index is 10.9. The molecule has 0 radical (unpaired) electrons. The van der Waals surface area contributed by atoms with E-state index < -0.39 is 5.97 Å². The molecule has 28 heavy (non-hydrogen) atoms. The normalized spacial score (nSPS) is 13.5. The summed E-state index contributed by atoms with van der Waals surface area (Å²) in [6.45, 7) is 6.32. The van der Waals surface area contributed by atoms with E-state index in [1.165, 1.54) is 122 Å². The molecule has 0 aliphatic carbocycles. The summed E-state index contributed by atoms with van der Waals surface area (Å²) in [6, 6.07) is 0. The lowest BCUT2D eigenvalue weighted by Gasteiger charge is -2.13. The van der Waals surface area contributed by atoms with Crippen LogP contribution in [0.5, 0.6) is 0 Å². The zero-order valence-electron chi connectivity index (χ0n) is 19.7. The second-order valence-electron chi connectivity index (χ2n) is 9.38. The molecule has 0 rings (SSSR count). The molecule has 2 atom stereocenters. The fourth-order valence-corrected chi connectivity index (χ4v) is 4.22. The summed E-state index contributed by atoms with van der Waals surface area (Å²) >= 11 is 0. The molecule has 2 heteroatoms. The molecule has 0 bridgehead atoms. The van der Waals surface area contributed by atoms with Crippen LogP contribution < -0.4 is 0 Å². The van der Waals surface area contributed by atoms with Crippen molar-refractivity contribution in [3.63, 3.8) is 0 Å². The molecule has 1 N–H and O–H groups in total. The Kier molecular flexibility index (Phi) is 20.8. The summed E-state index contributed by atoms with van der Waals surface area (Å²) in [5.74, 6) is -0.289. The molecular formula is C26H52O2. The predicted octanol–water partition coefficient (Wildman–Crippen LogP) is 9.17. The summed E-state index contributed by atoms with van der Waals surface area (Å²) in [4.78, 5) is 10.9. The van der Waals surface area contributed by atoms with Gasteiger partial charge in [0.1, 0.15) is 0 Å². The van der Waals surface area contributed by atoms with Crippen LogP contribution in [0, 0.1) is 11.8 Å². The van der Waals surface area contributed by atoms with Crippen molar-refractivity contribution in [2.24, 2.45) is 11.8 Å². The van der Waals surface area contributed by atoms with Crippen molar-refractivity contribution in [3.8, 4) is 0 Å². The van der Waals surface area contributed by atoms with Gasteiger partial charge in [-0.05, 0) is 12.3 Å². The molecule has 0 saturated carbocycles. The van der Waals surface area contributed by atoms with Crippen molar-refractivity contribution in [2.45, 2.75) is 149 Å². The van der Waals surface area contributed by atoms with Gasteiger partial charge in [0.05, 0.1) is 5.92 Å². The van der Waals surface area contributed by atoms with Crippen LogP contribution in [0.1, 0.15) is 149 Å². The minimum absolute atomic E-state index is 0.189. The maximum atomic E-state index is 10.9. The number of hydrogen-bond acceptors (Lipinski definition) is 1. The molecule has 0 amide bonds. The number of hydrogen-bond donors (Lipinski definition) is 1. The lowest BCUT2D eigenvalue weighted by Crippen LogP contribution is -2.13. The van der Waals surface area contributed by atoms with Gasteiger partial charge in [-0.15, -0.1) is 0 Å². The molecule has 2 nitrogen and oxygen atoms in total. The molecule has 0 spiro atoms. The molecule has 0 aromatic carbocycles.